The second kappa shape index (κ2) is 11.8. The molecule has 2 aliphatic heterocycles. The van der Waals surface area contributed by atoms with Crippen molar-refractivity contribution in [3.05, 3.63) is 59.9 Å². The highest BCUT2D eigenvalue weighted by Gasteiger charge is 2.30. The van der Waals surface area contributed by atoms with E-state index in [-0.39, 0.29) is 17.9 Å². The first-order valence-electron chi connectivity index (χ1n) is 13.1. The topological polar surface area (TPSA) is 100 Å². The first-order chi connectivity index (χ1) is 18.0. The zero-order chi connectivity index (χ0) is 25.6. The fraction of sp³-hybridized carbons (Fsp3) is 0.481. The van der Waals surface area contributed by atoms with Gasteiger partial charge < -0.3 is 20.9 Å². The molecular weight excluding hydrogens is 471 g/mol. The molecule has 2 aliphatic rings. The van der Waals surface area contributed by atoms with Gasteiger partial charge in [0.1, 0.15) is 5.82 Å². The number of nitrogens with one attached hydrogen (secondary N) is 3. The number of tetrazole rings is 1. The number of benzene rings is 2. The molecule has 1 aromatic heterocycles. The Bertz CT molecular complexity index is 1180. The van der Waals surface area contributed by atoms with Crippen LogP contribution >= 0.6 is 0 Å². The summed E-state index contributed by atoms with van der Waals surface area (Å²) in [5.74, 6) is 1.36. The quantitative estimate of drug-likeness (QED) is 0.456. The average Bonchev–Trinajstić information content (AvgIpc) is 3.33. The summed E-state index contributed by atoms with van der Waals surface area (Å²) in [5.41, 5.74) is 2.73. The maximum Gasteiger partial charge on any atom is 0.319 e. The summed E-state index contributed by atoms with van der Waals surface area (Å²) < 4.78 is 14.9. The number of piperidine rings is 2. The Morgan fingerprint density at radius 1 is 1.19 bits per heavy atom. The maximum absolute atomic E-state index is 13.3. The SMILES string of the molecule is Cn1nnnc1-c1cccc(NC(=O)N[C@@H]2CCNC[C@H]2CN2CCC[C@@H](Cc3ccc(F)cc3)C2)c1. The van der Waals surface area contributed by atoms with Crippen LogP contribution in [0.1, 0.15) is 24.8 Å². The van der Waals surface area contributed by atoms with Crippen LogP contribution < -0.4 is 16.0 Å². The molecule has 2 saturated heterocycles. The minimum atomic E-state index is -0.196. The van der Waals surface area contributed by atoms with E-state index in [0.717, 1.165) is 51.1 Å². The van der Waals surface area contributed by atoms with E-state index in [4.69, 9.17) is 0 Å². The summed E-state index contributed by atoms with van der Waals surface area (Å²) in [7, 11) is 1.78. The molecule has 2 fully saturated rings. The molecular formula is C27H35FN8O. The van der Waals surface area contributed by atoms with E-state index in [1.54, 1.807) is 23.9 Å². The number of aromatic nitrogens is 4. The van der Waals surface area contributed by atoms with Crippen LogP contribution in [0.3, 0.4) is 0 Å². The average molecular weight is 507 g/mol. The minimum absolute atomic E-state index is 0.102. The van der Waals surface area contributed by atoms with E-state index >= 15 is 0 Å². The van der Waals surface area contributed by atoms with Crippen LogP contribution in [0.15, 0.2) is 48.5 Å². The number of urea groups is 1. The Kier molecular flexibility index (Phi) is 8.05. The number of halogens is 1. The number of carbonyl (C=O) groups is 1. The molecule has 0 aliphatic carbocycles. The lowest BCUT2D eigenvalue weighted by Gasteiger charge is -2.39. The first kappa shape index (κ1) is 25.3. The molecule has 3 N–H and O–H groups in total. The van der Waals surface area contributed by atoms with Gasteiger partial charge in [-0.2, -0.15) is 0 Å². The zero-order valence-corrected chi connectivity index (χ0v) is 21.2. The first-order valence-corrected chi connectivity index (χ1v) is 13.1. The molecule has 9 nitrogen and oxygen atoms in total. The third-order valence-electron chi connectivity index (χ3n) is 7.46. The number of amides is 2. The second-order valence-electron chi connectivity index (χ2n) is 10.3. The van der Waals surface area contributed by atoms with Crippen molar-refractivity contribution in [2.45, 2.75) is 31.7 Å². The van der Waals surface area contributed by atoms with Crippen molar-refractivity contribution in [1.29, 1.82) is 0 Å². The number of hydrogen-bond acceptors (Lipinski definition) is 6. The highest BCUT2D eigenvalue weighted by atomic mass is 19.1. The molecule has 2 amide bonds. The molecule has 3 atom stereocenters. The number of nitrogens with zero attached hydrogens (tertiary/aromatic N) is 5. The third kappa shape index (κ3) is 6.69. The van der Waals surface area contributed by atoms with Gasteiger partial charge in [0.2, 0.25) is 0 Å². The monoisotopic (exact) mass is 506 g/mol. The smallest absolute Gasteiger partial charge is 0.319 e. The van der Waals surface area contributed by atoms with Crippen LogP contribution in [-0.4, -0.2) is 69.9 Å². The number of hydrogen-bond donors (Lipinski definition) is 3. The summed E-state index contributed by atoms with van der Waals surface area (Å²) in [6.45, 7) is 4.85. The van der Waals surface area contributed by atoms with E-state index in [0.29, 0.717) is 23.3 Å². The van der Waals surface area contributed by atoms with Gasteiger partial charge >= 0.3 is 6.03 Å². The van der Waals surface area contributed by atoms with Crippen molar-refractivity contribution in [3.8, 4) is 11.4 Å². The lowest BCUT2D eigenvalue weighted by Crippen LogP contribution is -2.54. The lowest BCUT2D eigenvalue weighted by atomic mass is 9.88. The van der Waals surface area contributed by atoms with Gasteiger partial charge in [0.15, 0.2) is 5.82 Å². The van der Waals surface area contributed by atoms with Crippen LogP contribution in [0.5, 0.6) is 0 Å². The Balaban J connectivity index is 1.16. The van der Waals surface area contributed by atoms with E-state index in [1.165, 1.54) is 18.4 Å². The highest BCUT2D eigenvalue weighted by Crippen LogP contribution is 2.24. The third-order valence-corrected chi connectivity index (χ3v) is 7.46. The van der Waals surface area contributed by atoms with Gasteiger partial charge in [-0.25, -0.2) is 13.9 Å². The maximum atomic E-state index is 13.3. The van der Waals surface area contributed by atoms with Crippen LogP contribution in [-0.2, 0) is 13.5 Å². The summed E-state index contributed by atoms with van der Waals surface area (Å²) in [6, 6.07) is 14.3. The summed E-state index contributed by atoms with van der Waals surface area (Å²) in [4.78, 5) is 15.5. The Hall–Kier alpha value is -3.37. The van der Waals surface area contributed by atoms with Gasteiger partial charge in [-0.05, 0) is 84.9 Å². The minimum Gasteiger partial charge on any atom is -0.335 e. The van der Waals surface area contributed by atoms with Crippen molar-refractivity contribution >= 4 is 11.7 Å². The zero-order valence-electron chi connectivity index (χ0n) is 21.2. The molecule has 0 saturated carbocycles. The van der Waals surface area contributed by atoms with Gasteiger partial charge in [-0.3, -0.25) is 0 Å². The number of carbonyl (C=O) groups excluding carboxylic acids is 1. The van der Waals surface area contributed by atoms with Crippen LogP contribution in [0.4, 0.5) is 14.9 Å². The fourth-order valence-corrected chi connectivity index (χ4v) is 5.62. The van der Waals surface area contributed by atoms with Gasteiger partial charge in [0, 0.05) is 49.9 Å². The number of likely N-dealkylation sites (tertiary alicyclic amines) is 1. The summed E-state index contributed by atoms with van der Waals surface area (Å²) in [6.07, 6.45) is 4.25. The lowest BCUT2D eigenvalue weighted by molar-refractivity contribution is 0.128. The Morgan fingerprint density at radius 2 is 2.05 bits per heavy atom. The highest BCUT2D eigenvalue weighted by molar-refractivity contribution is 5.90. The number of aryl methyl sites for hydroxylation is 1. The predicted octanol–water partition coefficient (Wildman–Crippen LogP) is 3.07. The van der Waals surface area contributed by atoms with Gasteiger partial charge in [0.25, 0.3) is 0 Å². The summed E-state index contributed by atoms with van der Waals surface area (Å²) in [5, 5.41) is 21.3. The fourth-order valence-electron chi connectivity index (χ4n) is 5.62. The van der Waals surface area contributed by atoms with Crippen LogP contribution in [0.25, 0.3) is 11.4 Å². The van der Waals surface area contributed by atoms with Crippen LogP contribution in [0.2, 0.25) is 0 Å². The van der Waals surface area contributed by atoms with Gasteiger partial charge in [0.05, 0.1) is 0 Å². The summed E-state index contributed by atoms with van der Waals surface area (Å²) >= 11 is 0. The molecule has 0 radical (unpaired) electrons. The predicted molar refractivity (Wildman–Crippen MR) is 140 cm³/mol. The molecule has 5 rings (SSSR count). The molecule has 3 heterocycles. The van der Waals surface area contributed by atoms with Crippen molar-refractivity contribution in [3.63, 3.8) is 0 Å². The molecule has 37 heavy (non-hydrogen) atoms. The van der Waals surface area contributed by atoms with Crippen molar-refractivity contribution in [2.24, 2.45) is 18.9 Å². The molecule has 0 spiro atoms. The van der Waals surface area contributed by atoms with Gasteiger partial charge in [-0.1, -0.05) is 24.3 Å². The van der Waals surface area contributed by atoms with E-state index < -0.39 is 0 Å². The molecule has 3 aromatic rings. The normalized spacial score (nSPS) is 22.5. The second-order valence-corrected chi connectivity index (χ2v) is 10.3. The Morgan fingerprint density at radius 3 is 2.86 bits per heavy atom. The molecule has 0 bridgehead atoms. The van der Waals surface area contributed by atoms with Crippen molar-refractivity contribution < 1.29 is 9.18 Å². The number of rotatable bonds is 7. The van der Waals surface area contributed by atoms with Crippen LogP contribution in [0, 0.1) is 17.7 Å². The molecule has 2 aromatic carbocycles. The number of anilines is 1. The molecule has 0 unspecified atom stereocenters. The Labute approximate surface area is 216 Å². The molecule has 10 heteroatoms. The molecule has 196 valence electrons. The van der Waals surface area contributed by atoms with Crippen molar-refractivity contribution in [2.75, 3.05) is 38.0 Å². The van der Waals surface area contributed by atoms with E-state index in [2.05, 4.69) is 36.4 Å². The largest absolute Gasteiger partial charge is 0.335 e. The van der Waals surface area contributed by atoms with E-state index in [1.807, 2.05) is 36.4 Å². The van der Waals surface area contributed by atoms with E-state index in [9.17, 15) is 9.18 Å². The standard InChI is InChI=1S/C27H35FN8O/c1-35-26(32-33-34-35)21-5-2-6-24(15-21)30-27(37)31-25-11-12-29-16-22(25)18-36-13-3-4-20(17-36)14-19-7-9-23(28)10-8-19/h2,5-10,15,20,22,25,29H,3-4,11-14,16-18H2,1H3,(H2,30,31,37)/t20-,22-,25+/m0/s1. The van der Waals surface area contributed by atoms with Crippen molar-refractivity contribution in [1.82, 2.24) is 35.7 Å². The van der Waals surface area contributed by atoms with Gasteiger partial charge in [-0.15, -0.1) is 5.10 Å².